The van der Waals surface area contributed by atoms with Crippen LogP contribution in [0.5, 0.6) is 0 Å². The van der Waals surface area contributed by atoms with Crippen LogP contribution in [0.3, 0.4) is 0 Å². The number of aromatic nitrogens is 1. The highest BCUT2D eigenvalue weighted by molar-refractivity contribution is 5.66. The summed E-state index contributed by atoms with van der Waals surface area (Å²) in [6.07, 6.45) is 1.53. The number of rotatable bonds is 4. The van der Waals surface area contributed by atoms with Crippen LogP contribution in [0.4, 0.5) is 22.9 Å². The highest BCUT2D eigenvalue weighted by Crippen LogP contribution is 2.26. The van der Waals surface area contributed by atoms with Crippen molar-refractivity contribution < 1.29 is 9.66 Å². The first-order chi connectivity index (χ1) is 10.7. The Balaban J connectivity index is 1.75. The van der Waals surface area contributed by atoms with Gasteiger partial charge < -0.3 is 15.0 Å². The van der Waals surface area contributed by atoms with Gasteiger partial charge in [-0.15, -0.1) is 0 Å². The lowest BCUT2D eigenvalue weighted by atomic mass is 10.2. The second-order valence-corrected chi connectivity index (χ2v) is 4.90. The molecule has 7 nitrogen and oxygen atoms in total. The fourth-order valence-corrected chi connectivity index (χ4v) is 2.35. The summed E-state index contributed by atoms with van der Waals surface area (Å²) in [7, 11) is 0. The van der Waals surface area contributed by atoms with E-state index in [2.05, 4.69) is 15.2 Å². The molecule has 1 aliphatic heterocycles. The topological polar surface area (TPSA) is 80.5 Å². The van der Waals surface area contributed by atoms with E-state index < -0.39 is 4.92 Å². The van der Waals surface area contributed by atoms with Gasteiger partial charge in [-0.05, 0) is 30.3 Å². The largest absolute Gasteiger partial charge is 0.378 e. The second kappa shape index (κ2) is 6.40. The van der Waals surface area contributed by atoms with Crippen LogP contribution in [-0.2, 0) is 4.74 Å². The fraction of sp³-hybridized carbons (Fsp3) is 0.267. The van der Waals surface area contributed by atoms with E-state index in [0.29, 0.717) is 0 Å². The number of pyridine rings is 1. The van der Waals surface area contributed by atoms with Gasteiger partial charge in [0.25, 0.3) is 0 Å². The zero-order valence-corrected chi connectivity index (χ0v) is 11.9. The molecule has 22 heavy (non-hydrogen) atoms. The molecular weight excluding hydrogens is 284 g/mol. The molecule has 1 saturated heterocycles. The predicted octanol–water partition coefficient (Wildman–Crippen LogP) is 2.57. The Bertz CT molecular complexity index is 654. The number of nitrogens with one attached hydrogen (secondary N) is 1. The molecule has 114 valence electrons. The normalized spacial score (nSPS) is 14.6. The Hall–Kier alpha value is -2.67. The Kier molecular flexibility index (Phi) is 4.15. The molecule has 3 rings (SSSR count). The molecule has 7 heteroatoms. The molecule has 1 aliphatic rings. The third-order valence-corrected chi connectivity index (χ3v) is 3.49. The summed E-state index contributed by atoms with van der Waals surface area (Å²) < 4.78 is 5.33. The van der Waals surface area contributed by atoms with E-state index in [9.17, 15) is 10.1 Å². The van der Waals surface area contributed by atoms with Crippen LogP contribution in [0.2, 0.25) is 0 Å². The zero-order chi connectivity index (χ0) is 15.4. The van der Waals surface area contributed by atoms with Gasteiger partial charge in [0.2, 0.25) is 5.82 Å². The maximum absolute atomic E-state index is 11.0. The number of hydrogen-bond acceptors (Lipinski definition) is 6. The lowest BCUT2D eigenvalue weighted by molar-refractivity contribution is -0.384. The van der Waals surface area contributed by atoms with Gasteiger partial charge in [0.15, 0.2) is 0 Å². The highest BCUT2D eigenvalue weighted by Gasteiger charge is 2.15. The SMILES string of the molecule is O=[N+]([O-])c1cccnc1Nc1ccc(N2CCOCC2)cc1. The lowest BCUT2D eigenvalue weighted by Gasteiger charge is -2.28. The van der Waals surface area contributed by atoms with E-state index in [0.717, 1.165) is 37.7 Å². The molecule has 0 aliphatic carbocycles. The molecular formula is C15H16N4O3. The van der Waals surface area contributed by atoms with E-state index in [1.165, 1.54) is 12.3 Å². The molecule has 0 radical (unpaired) electrons. The molecule has 0 saturated carbocycles. The standard InChI is InChI=1S/C15H16N4O3/c20-19(21)14-2-1-7-16-15(14)17-12-3-5-13(6-4-12)18-8-10-22-11-9-18/h1-7H,8-11H2,(H,16,17). The monoisotopic (exact) mass is 300 g/mol. The van der Waals surface area contributed by atoms with Gasteiger partial charge >= 0.3 is 5.69 Å². The van der Waals surface area contributed by atoms with Crippen LogP contribution in [0.1, 0.15) is 0 Å². The summed E-state index contributed by atoms with van der Waals surface area (Å²) in [6.45, 7) is 3.22. The van der Waals surface area contributed by atoms with Crippen molar-refractivity contribution in [2.45, 2.75) is 0 Å². The zero-order valence-electron chi connectivity index (χ0n) is 11.9. The van der Waals surface area contributed by atoms with E-state index in [-0.39, 0.29) is 11.5 Å². The van der Waals surface area contributed by atoms with Crippen molar-refractivity contribution in [1.82, 2.24) is 4.98 Å². The first kappa shape index (κ1) is 14.3. The summed E-state index contributed by atoms with van der Waals surface area (Å²) in [5.41, 5.74) is 1.84. The number of benzene rings is 1. The number of nitro groups is 1. The summed E-state index contributed by atoms with van der Waals surface area (Å²) in [4.78, 5) is 16.8. The van der Waals surface area contributed by atoms with Crippen molar-refractivity contribution in [3.05, 3.63) is 52.7 Å². The van der Waals surface area contributed by atoms with Crippen LogP contribution in [0, 0.1) is 10.1 Å². The van der Waals surface area contributed by atoms with E-state index in [4.69, 9.17) is 4.74 Å². The summed E-state index contributed by atoms with van der Waals surface area (Å²) in [6, 6.07) is 10.7. The van der Waals surface area contributed by atoms with Crippen LogP contribution in [0.25, 0.3) is 0 Å². The number of anilines is 3. The number of hydrogen-bond donors (Lipinski definition) is 1. The van der Waals surface area contributed by atoms with Gasteiger partial charge in [-0.2, -0.15) is 0 Å². The molecule has 0 amide bonds. The van der Waals surface area contributed by atoms with Crippen molar-refractivity contribution >= 4 is 22.9 Å². The van der Waals surface area contributed by atoms with E-state index >= 15 is 0 Å². The van der Waals surface area contributed by atoms with E-state index in [1.807, 2.05) is 24.3 Å². The van der Waals surface area contributed by atoms with Gasteiger partial charge in [-0.25, -0.2) is 4.98 Å². The third-order valence-electron chi connectivity index (χ3n) is 3.49. The third kappa shape index (κ3) is 3.15. The molecule has 1 aromatic heterocycles. The molecule has 0 unspecified atom stereocenters. The Morgan fingerprint density at radius 1 is 1.18 bits per heavy atom. The number of nitrogens with zero attached hydrogens (tertiary/aromatic N) is 3. The first-order valence-electron chi connectivity index (χ1n) is 7.03. The van der Waals surface area contributed by atoms with Gasteiger partial charge in [0.1, 0.15) is 0 Å². The minimum absolute atomic E-state index is 0.0419. The predicted molar refractivity (Wildman–Crippen MR) is 83.6 cm³/mol. The molecule has 1 fully saturated rings. The minimum Gasteiger partial charge on any atom is -0.378 e. The number of morpholine rings is 1. The van der Waals surface area contributed by atoms with Gasteiger partial charge in [0, 0.05) is 36.7 Å². The Labute approximate surface area is 127 Å². The molecule has 1 N–H and O–H groups in total. The Morgan fingerprint density at radius 3 is 2.59 bits per heavy atom. The van der Waals surface area contributed by atoms with Crippen LogP contribution < -0.4 is 10.2 Å². The summed E-state index contributed by atoms with van der Waals surface area (Å²) in [5, 5.41) is 14.0. The molecule has 0 spiro atoms. The minimum atomic E-state index is -0.447. The van der Waals surface area contributed by atoms with Gasteiger partial charge in [0.05, 0.1) is 18.1 Å². The van der Waals surface area contributed by atoms with Crippen LogP contribution >= 0.6 is 0 Å². The smallest absolute Gasteiger partial charge is 0.311 e. The molecule has 1 aromatic carbocycles. The summed E-state index contributed by atoms with van der Waals surface area (Å²) in [5.74, 6) is 0.242. The molecule has 0 atom stereocenters. The fourth-order valence-electron chi connectivity index (χ4n) is 2.35. The summed E-state index contributed by atoms with van der Waals surface area (Å²) >= 11 is 0. The van der Waals surface area contributed by atoms with E-state index in [1.54, 1.807) is 6.07 Å². The van der Waals surface area contributed by atoms with Gasteiger partial charge in [-0.1, -0.05) is 0 Å². The second-order valence-electron chi connectivity index (χ2n) is 4.90. The maximum Gasteiger partial charge on any atom is 0.311 e. The quantitative estimate of drug-likeness (QED) is 0.690. The van der Waals surface area contributed by atoms with Gasteiger partial charge in [-0.3, -0.25) is 10.1 Å². The van der Waals surface area contributed by atoms with Crippen molar-refractivity contribution in [2.24, 2.45) is 0 Å². The maximum atomic E-state index is 11.0. The average Bonchev–Trinajstić information content (AvgIpc) is 2.57. The van der Waals surface area contributed by atoms with Crippen LogP contribution in [0.15, 0.2) is 42.6 Å². The molecule has 2 aromatic rings. The first-order valence-corrected chi connectivity index (χ1v) is 7.03. The van der Waals surface area contributed by atoms with Crippen molar-refractivity contribution in [3.8, 4) is 0 Å². The van der Waals surface area contributed by atoms with Crippen LogP contribution in [-0.4, -0.2) is 36.2 Å². The Morgan fingerprint density at radius 2 is 1.91 bits per heavy atom. The molecule has 0 bridgehead atoms. The van der Waals surface area contributed by atoms with Crippen molar-refractivity contribution in [1.29, 1.82) is 0 Å². The number of ether oxygens (including phenoxy) is 1. The molecule has 2 heterocycles. The highest BCUT2D eigenvalue weighted by atomic mass is 16.6. The van der Waals surface area contributed by atoms with Crippen molar-refractivity contribution in [2.75, 3.05) is 36.5 Å². The lowest BCUT2D eigenvalue weighted by Crippen LogP contribution is -2.36. The average molecular weight is 300 g/mol. The van der Waals surface area contributed by atoms with Crippen molar-refractivity contribution in [3.63, 3.8) is 0 Å².